The van der Waals surface area contributed by atoms with Crippen LogP contribution in [0.1, 0.15) is 42.4 Å². The van der Waals surface area contributed by atoms with Gasteiger partial charge in [0.1, 0.15) is 17.2 Å². The molecule has 0 amide bonds. The Morgan fingerprint density at radius 2 is 2.22 bits per heavy atom. The fourth-order valence-corrected chi connectivity index (χ4v) is 1.96. The normalized spacial score (nSPS) is 11.0. The summed E-state index contributed by atoms with van der Waals surface area (Å²) in [4.78, 5) is 18.2. The zero-order chi connectivity index (χ0) is 13.1. The fourth-order valence-electron chi connectivity index (χ4n) is 1.96. The molecule has 96 valence electrons. The van der Waals surface area contributed by atoms with Crippen molar-refractivity contribution in [2.24, 2.45) is 0 Å². The van der Waals surface area contributed by atoms with Crippen LogP contribution in [0.3, 0.4) is 0 Å². The zero-order valence-electron chi connectivity index (χ0n) is 10.2. The highest BCUT2D eigenvalue weighted by Gasteiger charge is 2.14. The first kappa shape index (κ1) is 12.5. The molecule has 0 aliphatic carbocycles. The van der Waals surface area contributed by atoms with Crippen molar-refractivity contribution in [3.05, 3.63) is 29.3 Å². The number of nitrogens with zero attached hydrogens (tertiary/aromatic N) is 1. The molecule has 18 heavy (non-hydrogen) atoms. The summed E-state index contributed by atoms with van der Waals surface area (Å²) >= 11 is 0. The maximum atomic E-state index is 13.3. The van der Waals surface area contributed by atoms with Gasteiger partial charge in [-0.2, -0.15) is 0 Å². The number of carbonyl (C=O) groups is 1. The molecule has 0 spiro atoms. The molecule has 0 radical (unpaired) electrons. The van der Waals surface area contributed by atoms with Crippen LogP contribution in [0.2, 0.25) is 0 Å². The number of halogens is 1. The third-order valence-corrected chi connectivity index (χ3v) is 2.85. The summed E-state index contributed by atoms with van der Waals surface area (Å²) < 4.78 is 13.3. The van der Waals surface area contributed by atoms with E-state index in [1.807, 2.05) is 0 Å². The summed E-state index contributed by atoms with van der Waals surface area (Å²) in [5.41, 5.74) is 0.678. The Labute approximate surface area is 104 Å². The predicted octanol–water partition coefficient (Wildman–Crippen LogP) is 3.13. The van der Waals surface area contributed by atoms with Gasteiger partial charge in [0, 0.05) is 6.42 Å². The van der Waals surface area contributed by atoms with E-state index >= 15 is 0 Å². The first-order valence-corrected chi connectivity index (χ1v) is 6.03. The van der Waals surface area contributed by atoms with Crippen molar-refractivity contribution in [3.63, 3.8) is 0 Å². The number of rotatable bonds is 5. The molecule has 0 aliphatic rings. The van der Waals surface area contributed by atoms with E-state index in [0.717, 1.165) is 31.7 Å². The van der Waals surface area contributed by atoms with Crippen molar-refractivity contribution in [3.8, 4) is 0 Å². The second-order valence-electron chi connectivity index (χ2n) is 4.30. The molecule has 0 aliphatic heterocycles. The van der Waals surface area contributed by atoms with Crippen LogP contribution in [0, 0.1) is 5.82 Å². The molecular weight excluding hydrogens is 235 g/mol. The lowest BCUT2D eigenvalue weighted by Crippen LogP contribution is -1.98. The number of nitrogens with one attached hydrogen (secondary N) is 1. The topological polar surface area (TPSA) is 66.0 Å². The molecular formula is C13H15FN2O2. The maximum absolute atomic E-state index is 13.3. The van der Waals surface area contributed by atoms with E-state index in [4.69, 9.17) is 5.11 Å². The fraction of sp³-hybridized carbons (Fsp3) is 0.385. The average molecular weight is 250 g/mol. The molecule has 0 atom stereocenters. The van der Waals surface area contributed by atoms with Gasteiger partial charge in [-0.05, 0) is 18.6 Å². The Morgan fingerprint density at radius 1 is 1.44 bits per heavy atom. The van der Waals surface area contributed by atoms with Crippen LogP contribution in [0.15, 0.2) is 12.1 Å². The molecule has 5 heteroatoms. The predicted molar refractivity (Wildman–Crippen MR) is 66.2 cm³/mol. The lowest BCUT2D eigenvalue weighted by molar-refractivity contribution is 0.0698. The molecule has 1 heterocycles. The largest absolute Gasteiger partial charge is 0.478 e. The smallest absolute Gasteiger partial charge is 0.338 e. The molecule has 0 saturated carbocycles. The van der Waals surface area contributed by atoms with Gasteiger partial charge in [0.15, 0.2) is 0 Å². The first-order chi connectivity index (χ1) is 8.61. The second-order valence-corrected chi connectivity index (χ2v) is 4.30. The molecule has 4 nitrogen and oxygen atoms in total. The number of imidazole rings is 1. The lowest BCUT2D eigenvalue weighted by Gasteiger charge is -1.95. The molecule has 0 saturated heterocycles. The van der Waals surface area contributed by atoms with Gasteiger partial charge >= 0.3 is 5.97 Å². The Balaban J connectivity index is 2.37. The quantitative estimate of drug-likeness (QED) is 0.801. The van der Waals surface area contributed by atoms with Gasteiger partial charge in [-0.25, -0.2) is 14.2 Å². The van der Waals surface area contributed by atoms with Crippen molar-refractivity contribution >= 4 is 17.0 Å². The summed E-state index contributed by atoms with van der Waals surface area (Å²) in [5, 5.41) is 9.01. The Hall–Kier alpha value is -1.91. The monoisotopic (exact) mass is 250 g/mol. The minimum atomic E-state index is -1.16. The summed E-state index contributed by atoms with van der Waals surface area (Å²) in [7, 11) is 0. The van der Waals surface area contributed by atoms with Crippen LogP contribution in [-0.4, -0.2) is 21.0 Å². The van der Waals surface area contributed by atoms with E-state index in [0.29, 0.717) is 16.9 Å². The van der Waals surface area contributed by atoms with Gasteiger partial charge in [-0.3, -0.25) is 0 Å². The second kappa shape index (κ2) is 5.16. The maximum Gasteiger partial charge on any atom is 0.338 e. The van der Waals surface area contributed by atoms with Crippen LogP contribution in [0.5, 0.6) is 0 Å². The van der Waals surface area contributed by atoms with Crippen molar-refractivity contribution in [1.82, 2.24) is 9.97 Å². The van der Waals surface area contributed by atoms with Crippen molar-refractivity contribution in [2.45, 2.75) is 32.6 Å². The van der Waals surface area contributed by atoms with Crippen LogP contribution in [-0.2, 0) is 6.42 Å². The van der Waals surface area contributed by atoms with Crippen LogP contribution in [0.4, 0.5) is 4.39 Å². The molecule has 0 fully saturated rings. The number of fused-ring (bicyclic) bond motifs is 1. The number of hydrogen-bond acceptors (Lipinski definition) is 2. The van der Waals surface area contributed by atoms with Crippen molar-refractivity contribution in [2.75, 3.05) is 0 Å². The van der Waals surface area contributed by atoms with E-state index < -0.39 is 11.8 Å². The van der Waals surface area contributed by atoms with Gasteiger partial charge in [0.2, 0.25) is 0 Å². The average Bonchev–Trinajstić information content (AvgIpc) is 2.70. The molecule has 1 aromatic heterocycles. The van der Waals surface area contributed by atoms with E-state index in [9.17, 15) is 9.18 Å². The van der Waals surface area contributed by atoms with Gasteiger partial charge in [-0.1, -0.05) is 19.8 Å². The number of aromatic carboxylic acids is 1. The number of carboxylic acid groups (broad SMARTS) is 1. The van der Waals surface area contributed by atoms with Crippen LogP contribution in [0.25, 0.3) is 11.0 Å². The molecule has 1 aromatic carbocycles. The number of unbranched alkanes of at least 4 members (excludes halogenated alkanes) is 2. The number of aryl methyl sites for hydroxylation is 1. The van der Waals surface area contributed by atoms with E-state index in [-0.39, 0.29) is 5.56 Å². The lowest BCUT2D eigenvalue weighted by atomic mass is 10.2. The van der Waals surface area contributed by atoms with Gasteiger partial charge in [0.05, 0.1) is 11.1 Å². The summed E-state index contributed by atoms with van der Waals surface area (Å²) in [6, 6.07) is 2.28. The van der Waals surface area contributed by atoms with Crippen LogP contribution >= 0.6 is 0 Å². The highest BCUT2D eigenvalue weighted by atomic mass is 19.1. The number of H-pyrrole nitrogens is 1. The molecule has 2 N–H and O–H groups in total. The van der Waals surface area contributed by atoms with Gasteiger partial charge in [0.25, 0.3) is 0 Å². The standard InChI is InChI=1S/C13H15FN2O2/c1-2-3-4-5-11-15-10-7-8(14)6-9(13(17)18)12(10)16-11/h6-7H,2-5H2,1H3,(H,15,16)(H,17,18). The van der Waals surface area contributed by atoms with E-state index in [1.165, 1.54) is 6.07 Å². The number of carboxylic acids is 1. The number of benzene rings is 1. The van der Waals surface area contributed by atoms with E-state index in [1.54, 1.807) is 0 Å². The minimum Gasteiger partial charge on any atom is -0.478 e. The van der Waals surface area contributed by atoms with Crippen LogP contribution < -0.4 is 0 Å². The SMILES string of the molecule is CCCCCc1nc2c(C(=O)O)cc(F)cc2[nH]1. The molecule has 2 aromatic rings. The summed E-state index contributed by atoms with van der Waals surface area (Å²) in [6.45, 7) is 2.11. The van der Waals surface area contributed by atoms with Crippen molar-refractivity contribution in [1.29, 1.82) is 0 Å². The third-order valence-electron chi connectivity index (χ3n) is 2.85. The highest BCUT2D eigenvalue weighted by molar-refractivity contribution is 6.00. The summed E-state index contributed by atoms with van der Waals surface area (Å²) in [6.07, 6.45) is 3.94. The molecule has 0 bridgehead atoms. The Morgan fingerprint density at radius 3 is 2.89 bits per heavy atom. The van der Waals surface area contributed by atoms with Crippen molar-refractivity contribution < 1.29 is 14.3 Å². The highest BCUT2D eigenvalue weighted by Crippen LogP contribution is 2.19. The van der Waals surface area contributed by atoms with Gasteiger partial charge < -0.3 is 10.1 Å². The molecule has 2 rings (SSSR count). The number of hydrogen-bond donors (Lipinski definition) is 2. The Kier molecular flexibility index (Phi) is 3.60. The molecule has 0 unspecified atom stereocenters. The van der Waals surface area contributed by atoms with E-state index in [2.05, 4.69) is 16.9 Å². The number of aromatic nitrogens is 2. The number of aromatic amines is 1. The zero-order valence-corrected chi connectivity index (χ0v) is 10.2. The first-order valence-electron chi connectivity index (χ1n) is 6.03. The Bertz CT molecular complexity index is 578. The minimum absolute atomic E-state index is 0.0945. The van der Waals surface area contributed by atoms with Gasteiger partial charge in [-0.15, -0.1) is 0 Å². The summed E-state index contributed by atoms with van der Waals surface area (Å²) in [5.74, 6) is -1.01. The third kappa shape index (κ3) is 2.50.